The number of ether oxygens (including phenoxy) is 1. The highest BCUT2D eigenvalue weighted by atomic mass is 16.5. The van der Waals surface area contributed by atoms with Crippen molar-refractivity contribution < 1.29 is 19.1 Å². The molecule has 228 valence electrons. The van der Waals surface area contributed by atoms with Gasteiger partial charge in [0.1, 0.15) is 17.9 Å². The zero-order valence-electron chi connectivity index (χ0n) is 26.3. The normalized spacial score (nSPS) is 11.0. The van der Waals surface area contributed by atoms with Gasteiger partial charge in [0.15, 0.2) is 0 Å². The molecule has 1 heterocycles. The fourth-order valence-corrected chi connectivity index (χ4v) is 5.09. The van der Waals surface area contributed by atoms with E-state index in [9.17, 15) is 14.4 Å². The van der Waals surface area contributed by atoms with Gasteiger partial charge in [-0.05, 0) is 90.9 Å². The summed E-state index contributed by atoms with van der Waals surface area (Å²) in [5, 5.41) is 6.33. The summed E-state index contributed by atoms with van der Waals surface area (Å²) < 4.78 is 6.38. The number of likely N-dealkylation sites (N-methyl/N-ethyl adjacent to an activating group) is 1. The molecular formula is C36H40N4O4. The highest BCUT2D eigenvalue weighted by Gasteiger charge is 2.18. The molecule has 0 spiro atoms. The van der Waals surface area contributed by atoms with Gasteiger partial charge >= 0.3 is 0 Å². The van der Waals surface area contributed by atoms with E-state index in [2.05, 4.69) is 36.6 Å². The van der Waals surface area contributed by atoms with Crippen molar-refractivity contribution in [1.29, 1.82) is 0 Å². The lowest BCUT2D eigenvalue weighted by Gasteiger charge is -2.23. The topological polar surface area (TPSA) is 101 Å². The first-order valence-corrected chi connectivity index (χ1v) is 14.8. The second kappa shape index (κ2) is 14.5. The molecule has 0 radical (unpaired) electrons. The summed E-state index contributed by atoms with van der Waals surface area (Å²) in [4.78, 5) is 43.6. The SMILES string of the molecule is CCc1cc(CC)c2cccc(OCc3c(C)ccc(N(C)C(=O)CNC(=O)/C=C/c4ccc(C(=O)NC)cc4)c3C)c2n1. The number of rotatable bonds is 11. The number of nitrogens with one attached hydrogen (secondary N) is 2. The lowest BCUT2D eigenvalue weighted by Crippen LogP contribution is -2.38. The molecule has 0 aliphatic heterocycles. The Balaban J connectivity index is 1.42. The third-order valence-electron chi connectivity index (χ3n) is 7.84. The summed E-state index contributed by atoms with van der Waals surface area (Å²) >= 11 is 0. The summed E-state index contributed by atoms with van der Waals surface area (Å²) in [5.41, 5.74) is 8.20. The number of amides is 3. The third-order valence-corrected chi connectivity index (χ3v) is 7.84. The number of carbonyl (C=O) groups excluding carboxylic acids is 3. The number of benzene rings is 3. The van der Waals surface area contributed by atoms with Crippen LogP contribution in [0.3, 0.4) is 0 Å². The van der Waals surface area contributed by atoms with E-state index < -0.39 is 5.91 Å². The average molecular weight is 593 g/mol. The molecule has 1 aromatic heterocycles. The molecule has 0 atom stereocenters. The van der Waals surface area contributed by atoms with Crippen molar-refractivity contribution in [3.63, 3.8) is 0 Å². The molecule has 0 aliphatic carbocycles. The Morgan fingerprint density at radius 1 is 0.977 bits per heavy atom. The molecule has 2 N–H and O–H groups in total. The first-order valence-electron chi connectivity index (χ1n) is 14.8. The second-order valence-electron chi connectivity index (χ2n) is 10.6. The Kier molecular flexibility index (Phi) is 10.5. The van der Waals surface area contributed by atoms with Crippen LogP contribution in [-0.4, -0.2) is 43.3 Å². The van der Waals surface area contributed by atoms with Gasteiger partial charge in [0.05, 0.1) is 6.54 Å². The zero-order valence-corrected chi connectivity index (χ0v) is 26.3. The van der Waals surface area contributed by atoms with Gasteiger partial charge in [0.2, 0.25) is 11.8 Å². The number of hydrogen-bond donors (Lipinski definition) is 2. The summed E-state index contributed by atoms with van der Waals surface area (Å²) in [6.07, 6.45) is 4.76. The molecule has 0 saturated heterocycles. The van der Waals surface area contributed by atoms with Gasteiger partial charge in [-0.2, -0.15) is 0 Å². The van der Waals surface area contributed by atoms with E-state index in [1.807, 2.05) is 38.1 Å². The van der Waals surface area contributed by atoms with Crippen molar-refractivity contribution in [1.82, 2.24) is 15.6 Å². The summed E-state index contributed by atoms with van der Waals surface area (Å²) in [5.74, 6) is -0.0854. The van der Waals surface area contributed by atoms with Crippen LogP contribution >= 0.6 is 0 Å². The van der Waals surface area contributed by atoms with E-state index in [-0.39, 0.29) is 18.4 Å². The van der Waals surface area contributed by atoms with Crippen LogP contribution < -0.4 is 20.3 Å². The Hall–Kier alpha value is -4.98. The summed E-state index contributed by atoms with van der Waals surface area (Å²) in [7, 11) is 3.27. The molecule has 0 bridgehead atoms. The van der Waals surface area contributed by atoms with E-state index in [4.69, 9.17) is 9.72 Å². The number of carbonyl (C=O) groups is 3. The number of aryl methyl sites for hydroxylation is 3. The smallest absolute Gasteiger partial charge is 0.251 e. The van der Waals surface area contributed by atoms with E-state index in [1.165, 1.54) is 11.6 Å². The fourth-order valence-electron chi connectivity index (χ4n) is 5.09. The molecule has 4 rings (SSSR count). The van der Waals surface area contributed by atoms with Crippen molar-refractivity contribution in [2.24, 2.45) is 0 Å². The van der Waals surface area contributed by atoms with Gasteiger partial charge in [-0.25, -0.2) is 4.98 Å². The Bertz CT molecular complexity index is 1710. The van der Waals surface area contributed by atoms with Crippen molar-refractivity contribution in [3.8, 4) is 5.75 Å². The maximum atomic E-state index is 13.1. The van der Waals surface area contributed by atoms with E-state index in [0.29, 0.717) is 12.2 Å². The number of fused-ring (bicyclic) bond motifs is 1. The molecule has 4 aromatic rings. The molecule has 44 heavy (non-hydrogen) atoms. The van der Waals surface area contributed by atoms with Crippen LogP contribution in [-0.2, 0) is 29.0 Å². The summed E-state index contributed by atoms with van der Waals surface area (Å²) in [6.45, 7) is 8.43. The molecule has 8 heteroatoms. The quantitative estimate of drug-likeness (QED) is 0.218. The Morgan fingerprint density at radius 3 is 2.41 bits per heavy atom. The molecule has 0 fully saturated rings. The molecular weight excluding hydrogens is 552 g/mol. The number of hydrogen-bond acceptors (Lipinski definition) is 5. The fraction of sp³-hybridized carbons (Fsp3) is 0.278. The van der Waals surface area contributed by atoms with Gasteiger partial charge in [-0.1, -0.05) is 44.2 Å². The van der Waals surface area contributed by atoms with Crippen LogP contribution in [0.2, 0.25) is 0 Å². The molecule has 3 aromatic carbocycles. The molecule has 8 nitrogen and oxygen atoms in total. The Morgan fingerprint density at radius 2 is 1.73 bits per heavy atom. The zero-order chi connectivity index (χ0) is 31.8. The lowest BCUT2D eigenvalue weighted by atomic mass is 10.0. The van der Waals surface area contributed by atoms with E-state index in [0.717, 1.165) is 63.1 Å². The highest BCUT2D eigenvalue weighted by Crippen LogP contribution is 2.31. The maximum Gasteiger partial charge on any atom is 0.251 e. The number of aromatic nitrogens is 1. The predicted molar refractivity (Wildman–Crippen MR) is 176 cm³/mol. The van der Waals surface area contributed by atoms with Gasteiger partial charge < -0.3 is 20.3 Å². The standard InChI is InChI=1S/C36H40N4O4/c1-7-26-20-28(8-2)39-35-29(26)10-9-11-32(35)44-22-30-23(3)12-18-31(24(30)4)40(6)34(42)21-38-33(41)19-15-25-13-16-27(17-14-25)36(43)37-5/h9-20H,7-8,21-22H2,1-6H3,(H,37,43)(H,38,41)/b19-15+. The first-order chi connectivity index (χ1) is 21.2. The largest absolute Gasteiger partial charge is 0.487 e. The van der Waals surface area contributed by atoms with Gasteiger partial charge in [0, 0.05) is 42.5 Å². The van der Waals surface area contributed by atoms with Crippen LogP contribution in [0.5, 0.6) is 5.75 Å². The minimum atomic E-state index is -0.391. The van der Waals surface area contributed by atoms with Crippen molar-refractivity contribution >= 4 is 40.4 Å². The first kappa shape index (κ1) is 31.9. The van der Waals surface area contributed by atoms with Crippen LogP contribution in [0.4, 0.5) is 5.69 Å². The van der Waals surface area contributed by atoms with Gasteiger partial charge in [0.25, 0.3) is 5.91 Å². The second-order valence-corrected chi connectivity index (χ2v) is 10.6. The van der Waals surface area contributed by atoms with Gasteiger partial charge in [-0.15, -0.1) is 0 Å². The number of para-hydroxylation sites is 1. The molecule has 0 aliphatic rings. The molecule has 3 amide bonds. The number of pyridine rings is 1. The molecule has 0 saturated carbocycles. The van der Waals surface area contributed by atoms with Crippen LogP contribution in [0, 0.1) is 13.8 Å². The van der Waals surface area contributed by atoms with E-state index >= 15 is 0 Å². The van der Waals surface area contributed by atoms with Crippen LogP contribution in [0.15, 0.2) is 66.7 Å². The molecule has 0 unspecified atom stereocenters. The van der Waals surface area contributed by atoms with Crippen molar-refractivity contribution in [3.05, 3.63) is 106 Å². The average Bonchev–Trinajstić information content (AvgIpc) is 3.05. The Labute approximate surface area is 259 Å². The predicted octanol–water partition coefficient (Wildman–Crippen LogP) is 5.71. The van der Waals surface area contributed by atoms with E-state index in [1.54, 1.807) is 49.3 Å². The lowest BCUT2D eigenvalue weighted by molar-refractivity contribution is -0.122. The number of nitrogens with zero attached hydrogens (tertiary/aromatic N) is 2. The van der Waals surface area contributed by atoms with Crippen LogP contribution in [0.25, 0.3) is 17.0 Å². The maximum absolute atomic E-state index is 13.1. The minimum Gasteiger partial charge on any atom is -0.487 e. The highest BCUT2D eigenvalue weighted by molar-refractivity contribution is 5.99. The van der Waals surface area contributed by atoms with Crippen molar-refractivity contribution in [2.75, 3.05) is 25.5 Å². The van der Waals surface area contributed by atoms with Crippen LogP contribution in [0.1, 0.15) is 57.7 Å². The summed E-state index contributed by atoms with van der Waals surface area (Å²) in [6, 6.07) is 19.0. The minimum absolute atomic E-state index is 0.157. The van der Waals surface area contributed by atoms with Gasteiger partial charge in [-0.3, -0.25) is 14.4 Å². The number of anilines is 1. The third kappa shape index (κ3) is 7.32. The monoisotopic (exact) mass is 592 g/mol. The van der Waals surface area contributed by atoms with Crippen molar-refractivity contribution in [2.45, 2.75) is 47.1 Å².